The van der Waals surface area contributed by atoms with Crippen molar-refractivity contribution in [2.75, 3.05) is 6.54 Å². The molecule has 1 N–H and O–H groups in total. The van der Waals surface area contributed by atoms with E-state index in [1.165, 1.54) is 25.7 Å². The van der Waals surface area contributed by atoms with E-state index in [0.717, 1.165) is 30.5 Å². The van der Waals surface area contributed by atoms with Crippen LogP contribution in [-0.4, -0.2) is 32.8 Å². The Morgan fingerprint density at radius 2 is 2.10 bits per heavy atom. The van der Waals surface area contributed by atoms with Gasteiger partial charge in [0.2, 0.25) is 0 Å². The molecule has 21 heavy (non-hydrogen) atoms. The second-order valence-corrected chi connectivity index (χ2v) is 5.88. The number of para-hydroxylation sites is 1. The van der Waals surface area contributed by atoms with E-state index in [0.29, 0.717) is 5.92 Å². The van der Waals surface area contributed by atoms with Crippen LogP contribution in [0.5, 0.6) is 0 Å². The Kier molecular flexibility index (Phi) is 4.60. The van der Waals surface area contributed by atoms with E-state index < -0.39 is 0 Å². The van der Waals surface area contributed by atoms with Crippen LogP contribution < -0.4 is 5.32 Å². The molecule has 0 saturated heterocycles. The molecule has 1 atom stereocenters. The molecule has 2 aromatic rings. The number of hydrogen-bond acceptors (Lipinski definition) is 4. The fourth-order valence-electron chi connectivity index (χ4n) is 2.67. The summed E-state index contributed by atoms with van der Waals surface area (Å²) in [6.07, 6.45) is 6.00. The first kappa shape index (κ1) is 14.2. The average molecular weight is 285 g/mol. The van der Waals surface area contributed by atoms with Crippen molar-refractivity contribution in [3.63, 3.8) is 0 Å². The van der Waals surface area contributed by atoms with Gasteiger partial charge >= 0.3 is 0 Å². The van der Waals surface area contributed by atoms with Crippen molar-refractivity contribution in [3.05, 3.63) is 36.2 Å². The molecular weight excluding hydrogens is 262 g/mol. The van der Waals surface area contributed by atoms with Crippen molar-refractivity contribution in [3.8, 4) is 5.69 Å². The number of nitrogens with zero attached hydrogens (tertiary/aromatic N) is 4. The zero-order chi connectivity index (χ0) is 14.5. The van der Waals surface area contributed by atoms with E-state index in [9.17, 15) is 0 Å². The molecular formula is C16H23N5. The van der Waals surface area contributed by atoms with E-state index in [4.69, 9.17) is 0 Å². The Morgan fingerprint density at radius 3 is 2.81 bits per heavy atom. The summed E-state index contributed by atoms with van der Waals surface area (Å²) < 4.78 is 1.86. The largest absolute Gasteiger partial charge is 0.314 e. The Hall–Kier alpha value is -1.75. The Morgan fingerprint density at radius 1 is 1.29 bits per heavy atom. The summed E-state index contributed by atoms with van der Waals surface area (Å²) >= 11 is 0. The van der Waals surface area contributed by atoms with Crippen LogP contribution in [0.15, 0.2) is 30.3 Å². The third-order valence-corrected chi connectivity index (χ3v) is 3.98. The van der Waals surface area contributed by atoms with Gasteiger partial charge in [-0.25, -0.2) is 0 Å². The summed E-state index contributed by atoms with van der Waals surface area (Å²) in [6, 6.07) is 10.9. The van der Waals surface area contributed by atoms with Gasteiger partial charge < -0.3 is 5.32 Å². The molecule has 1 saturated carbocycles. The van der Waals surface area contributed by atoms with E-state index in [-0.39, 0.29) is 0 Å². The van der Waals surface area contributed by atoms with Crippen LogP contribution in [-0.2, 0) is 6.42 Å². The van der Waals surface area contributed by atoms with Crippen molar-refractivity contribution in [1.82, 2.24) is 25.5 Å². The van der Waals surface area contributed by atoms with Crippen LogP contribution in [0.2, 0.25) is 0 Å². The molecule has 112 valence electrons. The Labute approximate surface area is 125 Å². The molecule has 5 heteroatoms. The Balaban J connectivity index is 1.68. The number of benzene rings is 1. The van der Waals surface area contributed by atoms with Crippen molar-refractivity contribution < 1.29 is 0 Å². The second kappa shape index (κ2) is 6.80. The number of hydrogen-bond donors (Lipinski definition) is 1. The highest BCUT2D eigenvalue weighted by Crippen LogP contribution is 2.20. The lowest BCUT2D eigenvalue weighted by Gasteiger charge is -2.16. The van der Waals surface area contributed by atoms with Gasteiger partial charge in [0.05, 0.1) is 5.69 Å². The SMILES string of the molecule is CCCC(CNC1CC1)Cc1nnnn1-c1ccccc1. The number of nitrogens with one attached hydrogen (secondary N) is 1. The summed E-state index contributed by atoms with van der Waals surface area (Å²) in [6.45, 7) is 3.31. The van der Waals surface area contributed by atoms with Gasteiger partial charge in [-0.1, -0.05) is 31.5 Å². The van der Waals surface area contributed by atoms with Crippen LogP contribution in [0.1, 0.15) is 38.4 Å². The van der Waals surface area contributed by atoms with E-state index >= 15 is 0 Å². The van der Waals surface area contributed by atoms with Crippen molar-refractivity contribution >= 4 is 0 Å². The van der Waals surface area contributed by atoms with Crippen molar-refractivity contribution in [1.29, 1.82) is 0 Å². The molecule has 1 heterocycles. The first-order chi connectivity index (χ1) is 10.4. The van der Waals surface area contributed by atoms with E-state index in [1.807, 2.05) is 35.0 Å². The van der Waals surface area contributed by atoms with Crippen LogP contribution in [0.3, 0.4) is 0 Å². The topological polar surface area (TPSA) is 55.6 Å². The maximum Gasteiger partial charge on any atom is 0.157 e. The molecule has 1 unspecified atom stereocenters. The first-order valence-electron chi connectivity index (χ1n) is 7.93. The average Bonchev–Trinajstić information content (AvgIpc) is 3.24. The van der Waals surface area contributed by atoms with Gasteiger partial charge in [-0.05, 0) is 54.3 Å². The summed E-state index contributed by atoms with van der Waals surface area (Å²) in [5.41, 5.74) is 1.03. The van der Waals surface area contributed by atoms with Gasteiger partial charge in [0, 0.05) is 12.5 Å². The highest BCUT2D eigenvalue weighted by Gasteiger charge is 2.22. The molecule has 1 aliphatic rings. The van der Waals surface area contributed by atoms with Gasteiger partial charge in [0.1, 0.15) is 0 Å². The zero-order valence-electron chi connectivity index (χ0n) is 12.6. The summed E-state index contributed by atoms with van der Waals surface area (Å²) in [4.78, 5) is 0. The van der Waals surface area contributed by atoms with Gasteiger partial charge in [-0.2, -0.15) is 4.68 Å². The van der Waals surface area contributed by atoms with E-state index in [1.54, 1.807) is 0 Å². The molecule has 1 aromatic carbocycles. The predicted molar refractivity (Wildman–Crippen MR) is 82.3 cm³/mol. The van der Waals surface area contributed by atoms with Crippen LogP contribution in [0.4, 0.5) is 0 Å². The molecule has 0 aliphatic heterocycles. The fourth-order valence-corrected chi connectivity index (χ4v) is 2.67. The predicted octanol–water partition coefficient (Wildman–Crippen LogP) is 2.37. The van der Waals surface area contributed by atoms with Crippen LogP contribution in [0.25, 0.3) is 5.69 Å². The second-order valence-electron chi connectivity index (χ2n) is 5.88. The molecule has 0 bridgehead atoms. The van der Waals surface area contributed by atoms with Crippen LogP contribution in [0, 0.1) is 5.92 Å². The molecule has 1 aliphatic carbocycles. The lowest BCUT2D eigenvalue weighted by atomic mass is 9.99. The molecule has 1 fully saturated rings. The van der Waals surface area contributed by atoms with Gasteiger partial charge in [0.15, 0.2) is 5.82 Å². The summed E-state index contributed by atoms with van der Waals surface area (Å²) in [5, 5.41) is 15.9. The lowest BCUT2D eigenvalue weighted by molar-refractivity contribution is 0.426. The van der Waals surface area contributed by atoms with Crippen molar-refractivity contribution in [2.24, 2.45) is 5.92 Å². The third-order valence-electron chi connectivity index (χ3n) is 3.98. The zero-order valence-corrected chi connectivity index (χ0v) is 12.6. The molecule has 0 radical (unpaired) electrons. The lowest BCUT2D eigenvalue weighted by Crippen LogP contribution is -2.27. The minimum absolute atomic E-state index is 0.601. The normalized spacial score (nSPS) is 16.0. The molecule has 0 amide bonds. The van der Waals surface area contributed by atoms with Crippen molar-refractivity contribution in [2.45, 2.75) is 45.1 Å². The number of rotatable bonds is 8. The number of aromatic nitrogens is 4. The molecule has 1 aromatic heterocycles. The van der Waals surface area contributed by atoms with Crippen LogP contribution >= 0.6 is 0 Å². The maximum atomic E-state index is 4.23. The van der Waals surface area contributed by atoms with Gasteiger partial charge in [0.25, 0.3) is 0 Å². The fraction of sp³-hybridized carbons (Fsp3) is 0.562. The Bertz CT molecular complexity index is 547. The molecule has 3 rings (SSSR count). The molecule has 5 nitrogen and oxygen atoms in total. The standard InChI is InChI=1S/C16H23N5/c1-2-6-13(12-17-14-9-10-14)11-16-18-19-20-21(16)15-7-4-3-5-8-15/h3-5,7-8,13-14,17H,2,6,9-12H2,1H3. The summed E-state index contributed by atoms with van der Waals surface area (Å²) in [5.74, 6) is 1.56. The quantitative estimate of drug-likeness (QED) is 0.809. The monoisotopic (exact) mass is 285 g/mol. The van der Waals surface area contributed by atoms with Gasteiger partial charge in [-0.15, -0.1) is 5.10 Å². The van der Waals surface area contributed by atoms with Gasteiger partial charge in [-0.3, -0.25) is 0 Å². The van der Waals surface area contributed by atoms with E-state index in [2.05, 4.69) is 27.8 Å². The molecule has 0 spiro atoms. The summed E-state index contributed by atoms with van der Waals surface area (Å²) in [7, 11) is 0. The first-order valence-corrected chi connectivity index (χ1v) is 7.93. The highest BCUT2D eigenvalue weighted by molar-refractivity contribution is 5.30. The number of tetrazole rings is 1. The minimum Gasteiger partial charge on any atom is -0.314 e. The third kappa shape index (κ3) is 3.88. The maximum absolute atomic E-state index is 4.23. The minimum atomic E-state index is 0.601. The highest BCUT2D eigenvalue weighted by atomic mass is 15.5. The smallest absolute Gasteiger partial charge is 0.157 e.